The van der Waals surface area contributed by atoms with E-state index in [-0.39, 0.29) is 16.9 Å². The van der Waals surface area contributed by atoms with Crippen LogP contribution in [-0.4, -0.2) is 43.1 Å². The molecule has 0 fully saturated rings. The van der Waals surface area contributed by atoms with Crippen molar-refractivity contribution in [2.45, 2.75) is 32.6 Å². The molecule has 0 unspecified atom stereocenters. The van der Waals surface area contributed by atoms with Crippen LogP contribution >= 0.6 is 0 Å². The Balaban J connectivity index is 1.95. The second-order valence-electron chi connectivity index (χ2n) is 6.39. The van der Waals surface area contributed by atoms with Gasteiger partial charge in [0.1, 0.15) is 11.3 Å². The quantitative estimate of drug-likeness (QED) is 0.326. The number of unbranched alkanes of at least 4 members (excludes halogenated alkanes) is 3. The van der Waals surface area contributed by atoms with Crippen LogP contribution in [0.15, 0.2) is 33.8 Å². The predicted molar refractivity (Wildman–Crippen MR) is 96.1 cm³/mol. The van der Waals surface area contributed by atoms with Gasteiger partial charge >= 0.3 is 0 Å². The summed E-state index contributed by atoms with van der Waals surface area (Å²) in [5.74, 6) is 0.483. The number of hydrogen-bond acceptors (Lipinski definition) is 6. The van der Waals surface area contributed by atoms with E-state index < -0.39 is 0 Å². The first-order valence-corrected chi connectivity index (χ1v) is 8.55. The van der Waals surface area contributed by atoms with Crippen molar-refractivity contribution < 1.29 is 19.2 Å². The summed E-state index contributed by atoms with van der Waals surface area (Å²) in [6.45, 7) is 3.17. The normalized spacial score (nSPS) is 12.1. The SMILES string of the molecule is CC(=O)c1cc2ccc(OCCCCCCN(C)C)cc2oc1=NO. The number of fused-ring (bicyclic) bond motifs is 1. The van der Waals surface area contributed by atoms with E-state index in [0.29, 0.717) is 17.9 Å². The Morgan fingerprint density at radius 2 is 1.96 bits per heavy atom. The average Bonchev–Trinajstić information content (AvgIpc) is 2.59. The number of hydrogen-bond donors (Lipinski definition) is 1. The first-order chi connectivity index (χ1) is 12.0. The molecule has 0 radical (unpaired) electrons. The zero-order valence-electron chi connectivity index (χ0n) is 15.1. The number of rotatable bonds is 9. The minimum absolute atomic E-state index is 0.0851. The van der Waals surface area contributed by atoms with Crippen LogP contribution in [0.4, 0.5) is 0 Å². The van der Waals surface area contributed by atoms with E-state index in [9.17, 15) is 4.79 Å². The van der Waals surface area contributed by atoms with E-state index in [1.807, 2.05) is 12.1 Å². The third kappa shape index (κ3) is 5.60. The molecule has 6 nitrogen and oxygen atoms in total. The third-order valence-corrected chi connectivity index (χ3v) is 3.96. The summed E-state index contributed by atoms with van der Waals surface area (Å²) in [6.07, 6.45) is 4.54. The highest BCUT2D eigenvalue weighted by molar-refractivity contribution is 5.96. The number of Topliss-reactive ketones (excluding diaryl/α,β-unsaturated/α-hetero) is 1. The van der Waals surface area contributed by atoms with Gasteiger partial charge in [-0.25, -0.2) is 0 Å². The van der Waals surface area contributed by atoms with E-state index in [4.69, 9.17) is 14.4 Å². The Labute approximate surface area is 147 Å². The monoisotopic (exact) mass is 346 g/mol. The van der Waals surface area contributed by atoms with Crippen molar-refractivity contribution in [1.29, 1.82) is 0 Å². The van der Waals surface area contributed by atoms with Crippen LogP contribution in [0.2, 0.25) is 0 Å². The van der Waals surface area contributed by atoms with E-state index >= 15 is 0 Å². The molecular weight excluding hydrogens is 320 g/mol. The summed E-state index contributed by atoms with van der Waals surface area (Å²) in [4.78, 5) is 13.8. The summed E-state index contributed by atoms with van der Waals surface area (Å²) >= 11 is 0. The summed E-state index contributed by atoms with van der Waals surface area (Å²) in [5.41, 5.74) is 0.681. The minimum atomic E-state index is -0.215. The number of nitrogens with zero attached hydrogens (tertiary/aromatic N) is 2. The summed E-state index contributed by atoms with van der Waals surface area (Å²) in [7, 11) is 4.17. The lowest BCUT2D eigenvalue weighted by molar-refractivity contribution is 0.101. The van der Waals surface area contributed by atoms with Gasteiger partial charge in [-0.3, -0.25) is 4.79 Å². The molecule has 2 aromatic rings. The summed E-state index contributed by atoms with van der Waals surface area (Å²) in [5, 5.41) is 12.8. The zero-order chi connectivity index (χ0) is 18.2. The Bertz CT molecular complexity index is 781. The number of carbonyl (C=O) groups excluding carboxylic acids is 1. The molecule has 0 bridgehead atoms. The number of ketones is 1. The van der Waals surface area contributed by atoms with Crippen molar-refractivity contribution in [3.05, 3.63) is 35.4 Å². The molecule has 6 heteroatoms. The van der Waals surface area contributed by atoms with Crippen LogP contribution in [0.25, 0.3) is 11.0 Å². The highest BCUT2D eigenvalue weighted by Crippen LogP contribution is 2.21. The van der Waals surface area contributed by atoms with Gasteiger partial charge in [0.2, 0.25) is 0 Å². The molecule has 0 aliphatic carbocycles. The molecule has 25 heavy (non-hydrogen) atoms. The Kier molecular flexibility index (Phi) is 7.01. The van der Waals surface area contributed by atoms with Gasteiger partial charge in [0.15, 0.2) is 5.78 Å². The molecule has 0 amide bonds. The fourth-order valence-corrected chi connectivity index (χ4v) is 2.59. The molecule has 136 valence electrons. The van der Waals surface area contributed by atoms with Crippen LogP contribution in [-0.2, 0) is 0 Å². The van der Waals surface area contributed by atoms with E-state index in [1.54, 1.807) is 12.1 Å². The molecule has 0 saturated heterocycles. The summed E-state index contributed by atoms with van der Waals surface area (Å²) < 4.78 is 11.3. The molecule has 0 aliphatic rings. The topological polar surface area (TPSA) is 75.3 Å². The van der Waals surface area contributed by atoms with Crippen molar-refractivity contribution in [1.82, 2.24) is 4.90 Å². The highest BCUT2D eigenvalue weighted by Gasteiger charge is 2.09. The fourth-order valence-electron chi connectivity index (χ4n) is 2.59. The van der Waals surface area contributed by atoms with Gasteiger partial charge < -0.3 is 19.3 Å². The van der Waals surface area contributed by atoms with Crippen LogP contribution in [0.3, 0.4) is 0 Å². The van der Waals surface area contributed by atoms with Crippen LogP contribution in [0.1, 0.15) is 43.0 Å². The molecule has 2 rings (SSSR count). The zero-order valence-corrected chi connectivity index (χ0v) is 15.1. The molecule has 1 aromatic carbocycles. The van der Waals surface area contributed by atoms with Crippen LogP contribution in [0, 0.1) is 0 Å². The summed E-state index contributed by atoms with van der Waals surface area (Å²) in [6, 6.07) is 7.09. The van der Waals surface area contributed by atoms with Crippen molar-refractivity contribution in [2.24, 2.45) is 5.16 Å². The fraction of sp³-hybridized carbons (Fsp3) is 0.474. The minimum Gasteiger partial charge on any atom is -0.493 e. The molecule has 0 aliphatic heterocycles. The Hall–Kier alpha value is -2.34. The predicted octanol–water partition coefficient (Wildman–Crippen LogP) is 3.43. The lowest BCUT2D eigenvalue weighted by Gasteiger charge is -2.09. The molecule has 1 N–H and O–H groups in total. The van der Waals surface area contributed by atoms with Crippen LogP contribution < -0.4 is 10.3 Å². The first-order valence-electron chi connectivity index (χ1n) is 8.55. The van der Waals surface area contributed by atoms with E-state index in [1.165, 1.54) is 19.8 Å². The average molecular weight is 346 g/mol. The van der Waals surface area contributed by atoms with Gasteiger partial charge in [0.05, 0.1) is 12.2 Å². The molecule has 0 spiro atoms. The van der Waals surface area contributed by atoms with Gasteiger partial charge in [-0.05, 0) is 63.8 Å². The Morgan fingerprint density at radius 3 is 2.64 bits per heavy atom. The smallest absolute Gasteiger partial charge is 0.266 e. The molecule has 1 heterocycles. The maximum atomic E-state index is 11.6. The Morgan fingerprint density at radius 1 is 1.20 bits per heavy atom. The molecule has 1 aromatic heterocycles. The highest BCUT2D eigenvalue weighted by atomic mass is 16.5. The lowest BCUT2D eigenvalue weighted by atomic mass is 10.1. The number of ether oxygens (including phenoxy) is 1. The van der Waals surface area contributed by atoms with Crippen molar-refractivity contribution >= 4 is 16.8 Å². The standard InChI is InChI=1S/C19H26N2O4/c1-14(22)17-12-15-8-9-16(13-18(15)25-19(17)20-23)24-11-7-5-4-6-10-21(2)3/h8-9,12-13,23H,4-7,10-11H2,1-3H3. The lowest BCUT2D eigenvalue weighted by Crippen LogP contribution is -2.13. The largest absolute Gasteiger partial charge is 0.493 e. The third-order valence-electron chi connectivity index (χ3n) is 3.96. The first kappa shape index (κ1) is 19.0. The van der Waals surface area contributed by atoms with E-state index in [0.717, 1.165) is 24.8 Å². The van der Waals surface area contributed by atoms with Crippen molar-refractivity contribution in [3.8, 4) is 5.75 Å². The van der Waals surface area contributed by atoms with Crippen molar-refractivity contribution in [2.75, 3.05) is 27.2 Å². The van der Waals surface area contributed by atoms with Gasteiger partial charge in [0.25, 0.3) is 5.55 Å². The number of carbonyl (C=O) groups is 1. The van der Waals surface area contributed by atoms with Gasteiger partial charge in [-0.1, -0.05) is 12.8 Å². The molecule has 0 saturated carbocycles. The molecular formula is C19H26N2O4. The van der Waals surface area contributed by atoms with E-state index in [2.05, 4.69) is 24.2 Å². The van der Waals surface area contributed by atoms with Gasteiger partial charge in [0, 0.05) is 11.5 Å². The number of benzene rings is 1. The molecule has 0 atom stereocenters. The maximum Gasteiger partial charge on any atom is 0.266 e. The van der Waals surface area contributed by atoms with Gasteiger partial charge in [-0.15, -0.1) is 0 Å². The second-order valence-corrected chi connectivity index (χ2v) is 6.39. The maximum absolute atomic E-state index is 11.6. The second kappa shape index (κ2) is 9.22. The van der Waals surface area contributed by atoms with Crippen molar-refractivity contribution in [3.63, 3.8) is 0 Å². The van der Waals surface area contributed by atoms with Crippen LogP contribution in [0.5, 0.6) is 5.75 Å². The van der Waals surface area contributed by atoms with Gasteiger partial charge in [-0.2, -0.15) is 0 Å².